The first-order valence-corrected chi connectivity index (χ1v) is 7.99. The molecule has 3 N–H and O–H groups in total. The Labute approximate surface area is 146 Å². The minimum Gasteiger partial charge on any atom is -0.480 e. The van der Waals surface area contributed by atoms with Crippen LogP contribution in [0, 0.1) is 5.82 Å². The third-order valence-electron chi connectivity index (χ3n) is 3.56. The quantitative estimate of drug-likeness (QED) is 0.443. The lowest BCUT2D eigenvalue weighted by Gasteiger charge is -2.21. The van der Waals surface area contributed by atoms with Crippen molar-refractivity contribution in [3.63, 3.8) is 0 Å². The highest BCUT2D eigenvalue weighted by atomic mass is 19.1. The Kier molecular flexibility index (Phi) is 8.32. The summed E-state index contributed by atoms with van der Waals surface area (Å²) in [5.74, 6) is -2.55. The van der Waals surface area contributed by atoms with E-state index in [9.17, 15) is 23.9 Å². The van der Waals surface area contributed by atoms with Crippen LogP contribution in [-0.2, 0) is 20.8 Å². The van der Waals surface area contributed by atoms with Gasteiger partial charge in [0.05, 0.1) is 0 Å². The summed E-state index contributed by atoms with van der Waals surface area (Å²) in [6, 6.07) is 3.55. The number of unbranched alkanes of at least 4 members (excludes halogenated alkanes) is 1. The molecule has 2 amide bonds. The largest absolute Gasteiger partial charge is 0.480 e. The molecule has 0 unspecified atom stereocenters. The summed E-state index contributed by atoms with van der Waals surface area (Å²) in [6.45, 7) is 4.84. The van der Waals surface area contributed by atoms with Crippen LogP contribution in [0.25, 0.3) is 0 Å². The molecule has 1 aromatic carbocycles. The molecule has 0 aliphatic carbocycles. The minimum absolute atomic E-state index is 0.130. The fourth-order valence-electron chi connectivity index (χ4n) is 2.31. The molecule has 1 aromatic rings. The molecule has 0 heterocycles. The summed E-state index contributed by atoms with van der Waals surface area (Å²) < 4.78 is 13.0. The normalized spacial score (nSPS) is 12.7. The third-order valence-corrected chi connectivity index (χ3v) is 3.56. The van der Waals surface area contributed by atoms with E-state index in [4.69, 9.17) is 0 Å². The van der Waals surface area contributed by atoms with Crippen LogP contribution in [-0.4, -0.2) is 35.0 Å². The van der Waals surface area contributed by atoms with Crippen molar-refractivity contribution in [2.75, 3.05) is 0 Å². The van der Waals surface area contributed by atoms with E-state index in [2.05, 4.69) is 17.2 Å². The molecule has 0 radical (unpaired) electrons. The van der Waals surface area contributed by atoms with Gasteiger partial charge in [0.25, 0.3) is 0 Å². The number of rotatable bonds is 10. The zero-order chi connectivity index (χ0) is 18.8. The monoisotopic (exact) mass is 350 g/mol. The molecule has 0 saturated carbocycles. The smallest absolute Gasteiger partial charge is 0.326 e. The van der Waals surface area contributed by atoms with Gasteiger partial charge in [-0.2, -0.15) is 0 Å². The second-order valence-corrected chi connectivity index (χ2v) is 5.70. The van der Waals surface area contributed by atoms with Crippen LogP contribution < -0.4 is 10.6 Å². The molecule has 25 heavy (non-hydrogen) atoms. The lowest BCUT2D eigenvalue weighted by Crippen LogP contribution is -2.52. The second kappa shape index (κ2) is 10.2. The van der Waals surface area contributed by atoms with Crippen LogP contribution in [0.2, 0.25) is 0 Å². The van der Waals surface area contributed by atoms with Gasteiger partial charge >= 0.3 is 5.97 Å². The lowest BCUT2D eigenvalue weighted by atomic mass is 10.0. The van der Waals surface area contributed by atoms with Gasteiger partial charge < -0.3 is 15.7 Å². The van der Waals surface area contributed by atoms with Crippen LogP contribution in [0.15, 0.2) is 36.9 Å². The number of nitrogens with one attached hydrogen (secondary N) is 2. The number of allylic oxidation sites excluding steroid dienone is 1. The molecule has 0 aromatic heterocycles. The first-order chi connectivity index (χ1) is 11.8. The molecule has 2 atom stereocenters. The van der Waals surface area contributed by atoms with E-state index in [-0.39, 0.29) is 12.8 Å². The van der Waals surface area contributed by atoms with Gasteiger partial charge in [-0.15, -0.1) is 6.58 Å². The molecular weight excluding hydrogens is 327 g/mol. The van der Waals surface area contributed by atoms with Gasteiger partial charge in [0.15, 0.2) is 0 Å². The average molecular weight is 350 g/mol. The van der Waals surface area contributed by atoms with E-state index < -0.39 is 35.7 Å². The number of amides is 2. The van der Waals surface area contributed by atoms with Crippen molar-refractivity contribution in [1.82, 2.24) is 10.6 Å². The van der Waals surface area contributed by atoms with E-state index in [1.165, 1.54) is 31.2 Å². The Balaban J connectivity index is 2.79. The molecular formula is C18H23FN2O4. The predicted octanol–water partition coefficient (Wildman–Crippen LogP) is 1.80. The van der Waals surface area contributed by atoms with Crippen LogP contribution >= 0.6 is 0 Å². The Bertz CT molecular complexity index is 616. The number of carboxylic acids is 1. The molecule has 7 heteroatoms. The maximum atomic E-state index is 13.0. The standard InChI is InChI=1S/C18H23FN2O4/c1-3-4-5-6-15(18(24)25)21-17(23)16(20-12(2)22)11-13-7-9-14(19)10-8-13/h3,7-10,15-16H,1,4-6,11H2,2H3,(H,20,22)(H,21,23)(H,24,25)/t15-,16+/m1/s1. The van der Waals surface area contributed by atoms with Crippen molar-refractivity contribution in [3.05, 3.63) is 48.3 Å². The van der Waals surface area contributed by atoms with E-state index in [0.717, 1.165) is 0 Å². The number of aliphatic carboxylic acids is 1. The van der Waals surface area contributed by atoms with Crippen molar-refractivity contribution in [1.29, 1.82) is 0 Å². The summed E-state index contributed by atoms with van der Waals surface area (Å²) >= 11 is 0. The Hall–Kier alpha value is -2.70. The van der Waals surface area contributed by atoms with Gasteiger partial charge in [-0.05, 0) is 37.0 Å². The highest BCUT2D eigenvalue weighted by Crippen LogP contribution is 2.08. The Morgan fingerprint density at radius 3 is 2.36 bits per heavy atom. The first kappa shape index (κ1) is 20.3. The number of benzene rings is 1. The maximum absolute atomic E-state index is 13.0. The van der Waals surface area contributed by atoms with Crippen molar-refractivity contribution in [2.24, 2.45) is 0 Å². The van der Waals surface area contributed by atoms with E-state index in [0.29, 0.717) is 18.4 Å². The van der Waals surface area contributed by atoms with E-state index in [1.54, 1.807) is 6.08 Å². The molecule has 0 aliphatic heterocycles. The number of carbonyl (C=O) groups excluding carboxylic acids is 2. The van der Waals surface area contributed by atoms with E-state index in [1.807, 2.05) is 0 Å². The molecule has 0 saturated heterocycles. The SMILES string of the molecule is C=CCCC[C@@H](NC(=O)[C@H](Cc1ccc(F)cc1)NC(C)=O)C(=O)O. The third kappa shape index (κ3) is 7.60. The highest BCUT2D eigenvalue weighted by Gasteiger charge is 2.25. The number of carboxylic acid groups (broad SMARTS) is 1. The molecule has 0 fully saturated rings. The minimum atomic E-state index is -1.14. The molecule has 0 aliphatic rings. The van der Waals surface area contributed by atoms with Gasteiger partial charge in [0, 0.05) is 13.3 Å². The topological polar surface area (TPSA) is 95.5 Å². The van der Waals surface area contributed by atoms with Crippen LogP contribution in [0.5, 0.6) is 0 Å². The zero-order valence-electron chi connectivity index (χ0n) is 14.1. The average Bonchev–Trinajstić information content (AvgIpc) is 2.54. The predicted molar refractivity (Wildman–Crippen MR) is 91.3 cm³/mol. The van der Waals surface area contributed by atoms with Gasteiger partial charge in [-0.3, -0.25) is 9.59 Å². The Morgan fingerprint density at radius 2 is 1.84 bits per heavy atom. The summed E-state index contributed by atoms with van der Waals surface area (Å²) in [5, 5.41) is 14.2. The van der Waals surface area contributed by atoms with Crippen molar-refractivity contribution in [3.8, 4) is 0 Å². The summed E-state index contributed by atoms with van der Waals surface area (Å²) in [4.78, 5) is 35.1. The number of halogens is 1. The van der Waals surface area contributed by atoms with Crippen LogP contribution in [0.1, 0.15) is 31.7 Å². The number of hydrogen-bond donors (Lipinski definition) is 3. The van der Waals surface area contributed by atoms with Crippen molar-refractivity contribution in [2.45, 2.75) is 44.7 Å². The fraction of sp³-hybridized carbons (Fsp3) is 0.389. The van der Waals surface area contributed by atoms with Gasteiger partial charge in [0.2, 0.25) is 11.8 Å². The molecule has 0 spiro atoms. The fourth-order valence-corrected chi connectivity index (χ4v) is 2.31. The molecule has 0 bridgehead atoms. The van der Waals surface area contributed by atoms with Gasteiger partial charge in [-0.25, -0.2) is 9.18 Å². The number of hydrogen-bond acceptors (Lipinski definition) is 3. The van der Waals surface area contributed by atoms with Crippen molar-refractivity contribution >= 4 is 17.8 Å². The van der Waals surface area contributed by atoms with Gasteiger partial charge in [-0.1, -0.05) is 18.2 Å². The summed E-state index contributed by atoms with van der Waals surface area (Å²) in [6.07, 6.45) is 3.28. The maximum Gasteiger partial charge on any atom is 0.326 e. The molecule has 1 rings (SSSR count). The molecule has 6 nitrogen and oxygen atoms in total. The number of carbonyl (C=O) groups is 3. The van der Waals surface area contributed by atoms with Crippen LogP contribution in [0.4, 0.5) is 4.39 Å². The molecule has 136 valence electrons. The lowest BCUT2D eigenvalue weighted by molar-refractivity contribution is -0.142. The summed E-state index contributed by atoms with van der Waals surface area (Å²) in [7, 11) is 0. The second-order valence-electron chi connectivity index (χ2n) is 5.70. The van der Waals surface area contributed by atoms with Crippen LogP contribution in [0.3, 0.4) is 0 Å². The first-order valence-electron chi connectivity index (χ1n) is 7.99. The van der Waals surface area contributed by atoms with E-state index >= 15 is 0 Å². The zero-order valence-corrected chi connectivity index (χ0v) is 14.1. The Morgan fingerprint density at radius 1 is 1.20 bits per heavy atom. The highest BCUT2D eigenvalue weighted by molar-refractivity contribution is 5.90. The summed E-state index contributed by atoms with van der Waals surface area (Å²) in [5.41, 5.74) is 0.647. The van der Waals surface area contributed by atoms with Gasteiger partial charge in [0.1, 0.15) is 17.9 Å². The van der Waals surface area contributed by atoms with Crippen molar-refractivity contribution < 1.29 is 23.9 Å².